The summed E-state index contributed by atoms with van der Waals surface area (Å²) in [7, 11) is 0. The monoisotopic (exact) mass is 358 g/mol. The number of carbonyl (C=O) groups excluding carboxylic acids is 1. The van der Waals surface area contributed by atoms with Gasteiger partial charge in [-0.15, -0.1) is 0 Å². The Balaban J connectivity index is 1.40. The summed E-state index contributed by atoms with van der Waals surface area (Å²) in [4.78, 5) is 14.7. The van der Waals surface area contributed by atoms with E-state index >= 15 is 0 Å². The molecular weight excluding hydrogens is 336 g/mol. The molecule has 0 unspecified atom stereocenters. The van der Waals surface area contributed by atoms with E-state index in [2.05, 4.69) is 22.3 Å². The maximum atomic E-state index is 12.6. The summed E-state index contributed by atoms with van der Waals surface area (Å²) in [5.74, 6) is 0.638. The number of anilines is 2. The van der Waals surface area contributed by atoms with Crippen LogP contribution < -0.4 is 15.0 Å². The highest BCUT2D eigenvalue weighted by Gasteiger charge is 2.20. The first kappa shape index (κ1) is 17.2. The zero-order chi connectivity index (χ0) is 18.5. The molecule has 0 spiro atoms. The minimum atomic E-state index is -0.0394. The van der Waals surface area contributed by atoms with Crippen LogP contribution in [0.15, 0.2) is 78.9 Å². The summed E-state index contributed by atoms with van der Waals surface area (Å²) >= 11 is 0. The number of nitrogens with zero attached hydrogens (tertiary/aromatic N) is 1. The van der Waals surface area contributed by atoms with Gasteiger partial charge < -0.3 is 15.0 Å². The van der Waals surface area contributed by atoms with Crippen LogP contribution in [0.3, 0.4) is 0 Å². The van der Waals surface area contributed by atoms with Crippen molar-refractivity contribution in [2.45, 2.75) is 13.0 Å². The van der Waals surface area contributed by atoms with Gasteiger partial charge in [-0.1, -0.05) is 60.7 Å². The Kier molecular flexibility index (Phi) is 5.06. The number of nitrogens with one attached hydrogen (secondary N) is 1. The van der Waals surface area contributed by atoms with Gasteiger partial charge in [-0.05, 0) is 35.7 Å². The zero-order valence-corrected chi connectivity index (χ0v) is 15.1. The van der Waals surface area contributed by atoms with E-state index in [0.717, 1.165) is 24.2 Å². The first-order valence-electron chi connectivity index (χ1n) is 9.18. The normalized spacial score (nSPS) is 12.5. The van der Waals surface area contributed by atoms with Gasteiger partial charge in [0.15, 0.2) is 0 Å². The molecule has 0 fully saturated rings. The van der Waals surface area contributed by atoms with Gasteiger partial charge in [0, 0.05) is 12.2 Å². The average molecular weight is 358 g/mol. The highest BCUT2D eigenvalue weighted by atomic mass is 16.5. The van der Waals surface area contributed by atoms with Gasteiger partial charge in [-0.25, -0.2) is 0 Å². The van der Waals surface area contributed by atoms with Crippen LogP contribution in [-0.2, 0) is 17.8 Å². The molecule has 0 atom stereocenters. The Morgan fingerprint density at radius 2 is 1.67 bits per heavy atom. The number of ether oxygens (including phenoxy) is 1. The number of benzene rings is 3. The number of amides is 1. The second kappa shape index (κ2) is 7.96. The van der Waals surface area contributed by atoms with E-state index in [1.807, 2.05) is 66.7 Å². The fraction of sp³-hybridized carbons (Fsp3) is 0.174. The smallest absolute Gasteiger partial charge is 0.243 e. The quantitative estimate of drug-likeness (QED) is 0.716. The Morgan fingerprint density at radius 3 is 2.56 bits per heavy atom. The summed E-state index contributed by atoms with van der Waals surface area (Å²) in [6.07, 6.45) is 0.986. The first-order chi connectivity index (χ1) is 13.3. The molecule has 1 N–H and O–H groups in total. The minimum absolute atomic E-state index is 0.0394. The van der Waals surface area contributed by atoms with Crippen LogP contribution in [-0.4, -0.2) is 19.0 Å². The molecule has 0 radical (unpaired) electrons. The van der Waals surface area contributed by atoms with Gasteiger partial charge in [0.2, 0.25) is 5.91 Å². The van der Waals surface area contributed by atoms with E-state index in [9.17, 15) is 4.79 Å². The van der Waals surface area contributed by atoms with Gasteiger partial charge in [-0.3, -0.25) is 4.79 Å². The van der Waals surface area contributed by atoms with E-state index in [1.165, 1.54) is 5.56 Å². The lowest BCUT2D eigenvalue weighted by molar-refractivity contribution is -0.115. The molecule has 27 heavy (non-hydrogen) atoms. The van der Waals surface area contributed by atoms with Crippen molar-refractivity contribution >= 4 is 17.3 Å². The molecule has 0 aliphatic carbocycles. The highest BCUT2D eigenvalue weighted by molar-refractivity contribution is 5.95. The predicted octanol–water partition coefficient (Wildman–Crippen LogP) is 4.27. The Labute approximate surface area is 159 Å². The Morgan fingerprint density at radius 1 is 0.926 bits per heavy atom. The fourth-order valence-electron chi connectivity index (χ4n) is 3.36. The van der Waals surface area contributed by atoms with E-state index in [4.69, 9.17) is 4.74 Å². The molecule has 4 heteroatoms. The van der Waals surface area contributed by atoms with Crippen molar-refractivity contribution in [1.29, 1.82) is 0 Å². The van der Waals surface area contributed by atoms with Crippen LogP contribution in [0.1, 0.15) is 11.1 Å². The lowest BCUT2D eigenvalue weighted by Crippen LogP contribution is -2.32. The van der Waals surface area contributed by atoms with Crippen LogP contribution in [0.4, 0.5) is 11.4 Å². The molecule has 3 aromatic rings. The van der Waals surface area contributed by atoms with Crippen LogP contribution in [0.2, 0.25) is 0 Å². The molecule has 4 nitrogen and oxygen atoms in total. The third-order valence-corrected chi connectivity index (χ3v) is 4.72. The van der Waals surface area contributed by atoms with Crippen molar-refractivity contribution < 1.29 is 9.53 Å². The largest absolute Gasteiger partial charge is 0.487 e. The summed E-state index contributed by atoms with van der Waals surface area (Å²) in [5.41, 5.74) is 4.25. The Hall–Kier alpha value is -3.27. The van der Waals surface area contributed by atoms with Gasteiger partial charge in [0.1, 0.15) is 12.4 Å². The van der Waals surface area contributed by atoms with Crippen molar-refractivity contribution in [2.24, 2.45) is 0 Å². The minimum Gasteiger partial charge on any atom is -0.487 e. The number of carbonyl (C=O) groups is 1. The Bertz CT molecular complexity index is 924. The van der Waals surface area contributed by atoms with Crippen LogP contribution in [0.25, 0.3) is 0 Å². The molecule has 1 aliphatic rings. The van der Waals surface area contributed by atoms with E-state index in [-0.39, 0.29) is 5.91 Å². The lowest BCUT2D eigenvalue weighted by Gasteiger charge is -2.19. The summed E-state index contributed by atoms with van der Waals surface area (Å²) in [6.45, 7) is 1.68. The molecular formula is C23H22N2O2. The molecule has 0 saturated heterocycles. The third kappa shape index (κ3) is 4.11. The van der Waals surface area contributed by atoms with E-state index in [0.29, 0.717) is 24.6 Å². The SMILES string of the molecule is O=C(CN1CCc2ccccc21)Nc1ccccc1OCc1ccccc1. The average Bonchev–Trinajstić information content (AvgIpc) is 3.11. The maximum absolute atomic E-state index is 12.6. The molecule has 0 bridgehead atoms. The predicted molar refractivity (Wildman–Crippen MR) is 108 cm³/mol. The molecule has 136 valence electrons. The second-order valence-electron chi connectivity index (χ2n) is 6.62. The van der Waals surface area contributed by atoms with Crippen molar-refractivity contribution in [2.75, 3.05) is 23.3 Å². The van der Waals surface area contributed by atoms with E-state index < -0.39 is 0 Å². The number of rotatable bonds is 6. The fourth-order valence-corrected chi connectivity index (χ4v) is 3.36. The maximum Gasteiger partial charge on any atom is 0.243 e. The summed E-state index contributed by atoms with van der Waals surface area (Å²) in [5, 5.41) is 3.00. The second-order valence-corrected chi connectivity index (χ2v) is 6.62. The van der Waals surface area contributed by atoms with Crippen molar-refractivity contribution in [3.8, 4) is 5.75 Å². The number of fused-ring (bicyclic) bond motifs is 1. The van der Waals surface area contributed by atoms with Crippen LogP contribution in [0, 0.1) is 0 Å². The van der Waals surface area contributed by atoms with Gasteiger partial charge >= 0.3 is 0 Å². The number of hydrogen-bond acceptors (Lipinski definition) is 3. The number of hydrogen-bond donors (Lipinski definition) is 1. The van der Waals surface area contributed by atoms with Crippen molar-refractivity contribution in [3.63, 3.8) is 0 Å². The standard InChI is InChI=1S/C23H22N2O2/c26-23(16-25-15-14-19-10-4-6-12-21(19)25)24-20-11-5-7-13-22(20)27-17-18-8-2-1-3-9-18/h1-13H,14-17H2,(H,24,26). The molecule has 1 amide bonds. The van der Waals surface area contributed by atoms with Gasteiger partial charge in [-0.2, -0.15) is 0 Å². The molecule has 0 aromatic heterocycles. The van der Waals surface area contributed by atoms with Crippen molar-refractivity contribution in [3.05, 3.63) is 90.0 Å². The van der Waals surface area contributed by atoms with Gasteiger partial charge in [0.05, 0.1) is 12.2 Å². The molecule has 3 aromatic carbocycles. The highest BCUT2D eigenvalue weighted by Crippen LogP contribution is 2.28. The van der Waals surface area contributed by atoms with E-state index in [1.54, 1.807) is 0 Å². The van der Waals surface area contributed by atoms with Gasteiger partial charge in [0.25, 0.3) is 0 Å². The lowest BCUT2D eigenvalue weighted by atomic mass is 10.2. The molecule has 0 saturated carbocycles. The summed E-state index contributed by atoms with van der Waals surface area (Å²) in [6, 6.07) is 25.8. The third-order valence-electron chi connectivity index (χ3n) is 4.72. The van der Waals surface area contributed by atoms with Crippen LogP contribution in [0.5, 0.6) is 5.75 Å². The number of para-hydroxylation sites is 3. The molecule has 1 aliphatic heterocycles. The molecule has 1 heterocycles. The topological polar surface area (TPSA) is 41.6 Å². The zero-order valence-electron chi connectivity index (χ0n) is 15.1. The summed E-state index contributed by atoms with van der Waals surface area (Å²) < 4.78 is 5.92. The molecule has 4 rings (SSSR count). The van der Waals surface area contributed by atoms with Crippen molar-refractivity contribution in [1.82, 2.24) is 0 Å². The first-order valence-corrected chi connectivity index (χ1v) is 9.18. The van der Waals surface area contributed by atoms with Crippen LogP contribution >= 0.6 is 0 Å².